The van der Waals surface area contributed by atoms with E-state index in [-0.39, 0.29) is 0 Å². The van der Waals surface area contributed by atoms with Gasteiger partial charge in [-0.05, 0) is 30.2 Å². The van der Waals surface area contributed by atoms with Crippen LogP contribution in [0.1, 0.15) is 31.1 Å². The van der Waals surface area contributed by atoms with Crippen LogP contribution in [0, 0.1) is 5.92 Å². The minimum Gasteiger partial charge on any atom is -0.338 e. The van der Waals surface area contributed by atoms with E-state index < -0.39 is 0 Å². The Morgan fingerprint density at radius 2 is 2.21 bits per heavy atom. The van der Waals surface area contributed by atoms with Gasteiger partial charge < -0.3 is 9.84 Å². The number of aromatic nitrogens is 2. The highest BCUT2D eigenvalue weighted by Crippen LogP contribution is 2.13. The molecule has 5 heteroatoms. The van der Waals surface area contributed by atoms with Crippen molar-refractivity contribution in [1.82, 2.24) is 15.5 Å². The lowest BCUT2D eigenvalue weighted by Crippen LogP contribution is -2.19. The molecule has 0 bridgehead atoms. The Bertz CT molecular complexity index is 525. The summed E-state index contributed by atoms with van der Waals surface area (Å²) < 4.78 is 5.19. The third kappa shape index (κ3) is 4.65. The smallest absolute Gasteiger partial charge is 0.240 e. The maximum absolute atomic E-state index is 5.94. The molecule has 1 N–H and O–H groups in total. The van der Waals surface area contributed by atoms with Gasteiger partial charge in [0.1, 0.15) is 0 Å². The Hall–Kier alpha value is -1.39. The molecule has 0 unspecified atom stereocenters. The number of hydrogen-bond acceptors (Lipinski definition) is 4. The molecule has 0 saturated carbocycles. The van der Waals surface area contributed by atoms with Gasteiger partial charge in [0.2, 0.25) is 5.89 Å². The van der Waals surface area contributed by atoms with E-state index in [0.29, 0.717) is 30.6 Å². The summed E-state index contributed by atoms with van der Waals surface area (Å²) in [6, 6.07) is 7.68. The fourth-order valence-electron chi connectivity index (χ4n) is 1.73. The monoisotopic (exact) mass is 279 g/mol. The lowest BCUT2D eigenvalue weighted by Gasteiger charge is -2.03. The highest BCUT2D eigenvalue weighted by Gasteiger charge is 2.07. The van der Waals surface area contributed by atoms with Crippen LogP contribution in [-0.2, 0) is 13.0 Å². The molecule has 2 aromatic rings. The van der Waals surface area contributed by atoms with Gasteiger partial charge in [-0.2, -0.15) is 4.98 Å². The number of nitrogens with one attached hydrogen (secondary N) is 1. The molecular weight excluding hydrogens is 262 g/mol. The lowest BCUT2D eigenvalue weighted by molar-refractivity contribution is 0.360. The van der Waals surface area contributed by atoms with Gasteiger partial charge in [0.25, 0.3) is 0 Å². The van der Waals surface area contributed by atoms with E-state index in [1.165, 1.54) is 0 Å². The Balaban J connectivity index is 1.90. The third-order valence-electron chi connectivity index (χ3n) is 2.59. The van der Waals surface area contributed by atoms with Gasteiger partial charge in [-0.15, -0.1) is 0 Å². The Kier molecular flexibility index (Phi) is 4.93. The first-order valence-corrected chi connectivity index (χ1v) is 6.78. The van der Waals surface area contributed by atoms with Crippen molar-refractivity contribution in [3.05, 3.63) is 46.6 Å². The Labute approximate surface area is 118 Å². The van der Waals surface area contributed by atoms with E-state index in [4.69, 9.17) is 16.1 Å². The van der Waals surface area contributed by atoms with Crippen molar-refractivity contribution in [2.24, 2.45) is 5.92 Å². The molecule has 0 fully saturated rings. The highest BCUT2D eigenvalue weighted by molar-refractivity contribution is 6.30. The van der Waals surface area contributed by atoms with Crippen LogP contribution in [0.3, 0.4) is 0 Å². The van der Waals surface area contributed by atoms with E-state index in [9.17, 15) is 0 Å². The summed E-state index contributed by atoms with van der Waals surface area (Å²) in [4.78, 5) is 4.35. The fraction of sp³-hybridized carbons (Fsp3) is 0.429. The molecule has 0 aliphatic carbocycles. The van der Waals surface area contributed by atoms with Crippen LogP contribution < -0.4 is 5.32 Å². The SMILES string of the molecule is CC(C)CNCc1nc(Cc2cccc(Cl)c2)no1. The fourth-order valence-corrected chi connectivity index (χ4v) is 1.94. The number of hydrogen-bond donors (Lipinski definition) is 1. The average Bonchev–Trinajstić information content (AvgIpc) is 2.76. The minimum atomic E-state index is 0.605. The Morgan fingerprint density at radius 3 is 2.95 bits per heavy atom. The van der Waals surface area contributed by atoms with Crippen molar-refractivity contribution >= 4 is 11.6 Å². The van der Waals surface area contributed by atoms with Crippen molar-refractivity contribution in [3.63, 3.8) is 0 Å². The molecule has 2 rings (SSSR count). The van der Waals surface area contributed by atoms with Gasteiger partial charge in [-0.1, -0.05) is 42.7 Å². The largest absolute Gasteiger partial charge is 0.338 e. The third-order valence-corrected chi connectivity index (χ3v) is 2.83. The molecule has 0 aliphatic heterocycles. The topological polar surface area (TPSA) is 51.0 Å². The second kappa shape index (κ2) is 6.68. The summed E-state index contributed by atoms with van der Waals surface area (Å²) in [6.07, 6.45) is 0.633. The summed E-state index contributed by atoms with van der Waals surface area (Å²) in [5.74, 6) is 1.91. The predicted octanol–water partition coefficient (Wildman–Crippen LogP) is 3.06. The lowest BCUT2D eigenvalue weighted by atomic mass is 10.1. The van der Waals surface area contributed by atoms with Crippen molar-refractivity contribution < 1.29 is 4.52 Å². The van der Waals surface area contributed by atoms with Crippen LogP contribution in [0.2, 0.25) is 5.02 Å². The maximum atomic E-state index is 5.94. The maximum Gasteiger partial charge on any atom is 0.240 e. The average molecular weight is 280 g/mol. The second-order valence-electron chi connectivity index (χ2n) is 4.94. The van der Waals surface area contributed by atoms with E-state index in [0.717, 1.165) is 17.1 Å². The van der Waals surface area contributed by atoms with E-state index in [1.54, 1.807) is 0 Å². The first kappa shape index (κ1) is 14.0. The molecule has 1 aromatic carbocycles. The molecule has 0 radical (unpaired) electrons. The molecule has 102 valence electrons. The molecule has 1 aromatic heterocycles. The second-order valence-corrected chi connectivity index (χ2v) is 5.37. The molecule has 0 spiro atoms. The first-order chi connectivity index (χ1) is 9.13. The van der Waals surface area contributed by atoms with Crippen LogP contribution in [-0.4, -0.2) is 16.7 Å². The molecule has 19 heavy (non-hydrogen) atoms. The molecule has 1 heterocycles. The zero-order valence-corrected chi connectivity index (χ0v) is 11.9. The van der Waals surface area contributed by atoms with E-state index in [2.05, 4.69) is 29.3 Å². The normalized spacial score (nSPS) is 11.2. The summed E-state index contributed by atoms with van der Waals surface area (Å²) >= 11 is 5.94. The number of rotatable bonds is 6. The zero-order chi connectivity index (χ0) is 13.7. The van der Waals surface area contributed by atoms with Crippen LogP contribution in [0.5, 0.6) is 0 Å². The van der Waals surface area contributed by atoms with Crippen LogP contribution in [0.25, 0.3) is 0 Å². The van der Waals surface area contributed by atoms with Crippen LogP contribution in [0.15, 0.2) is 28.8 Å². The summed E-state index contributed by atoms with van der Waals surface area (Å²) in [5, 5.41) is 7.96. The molecule has 0 amide bonds. The van der Waals surface area contributed by atoms with Crippen molar-refractivity contribution in [3.8, 4) is 0 Å². The van der Waals surface area contributed by atoms with E-state index >= 15 is 0 Å². The van der Waals surface area contributed by atoms with Gasteiger partial charge in [0, 0.05) is 11.4 Å². The molecule has 0 aliphatic rings. The molecular formula is C14H18ClN3O. The van der Waals surface area contributed by atoms with Gasteiger partial charge in [0.05, 0.1) is 6.54 Å². The highest BCUT2D eigenvalue weighted by atomic mass is 35.5. The Morgan fingerprint density at radius 1 is 1.37 bits per heavy atom. The van der Waals surface area contributed by atoms with Gasteiger partial charge in [-0.25, -0.2) is 0 Å². The number of benzene rings is 1. The first-order valence-electron chi connectivity index (χ1n) is 6.40. The van der Waals surface area contributed by atoms with Crippen molar-refractivity contribution in [2.45, 2.75) is 26.8 Å². The van der Waals surface area contributed by atoms with Crippen molar-refractivity contribution in [2.75, 3.05) is 6.54 Å². The molecule has 0 atom stereocenters. The summed E-state index contributed by atoms with van der Waals surface area (Å²) in [5.41, 5.74) is 1.08. The van der Waals surface area contributed by atoms with Gasteiger partial charge in [0.15, 0.2) is 5.82 Å². The zero-order valence-electron chi connectivity index (χ0n) is 11.2. The van der Waals surface area contributed by atoms with Crippen molar-refractivity contribution in [1.29, 1.82) is 0 Å². The number of nitrogens with zero attached hydrogens (tertiary/aromatic N) is 2. The van der Waals surface area contributed by atoms with Crippen LogP contribution in [0.4, 0.5) is 0 Å². The summed E-state index contributed by atoms with van der Waals surface area (Å²) in [6.45, 7) is 5.86. The number of halogens is 1. The quantitative estimate of drug-likeness (QED) is 0.883. The minimum absolute atomic E-state index is 0.605. The van der Waals surface area contributed by atoms with Gasteiger partial charge >= 0.3 is 0 Å². The van der Waals surface area contributed by atoms with E-state index in [1.807, 2.05) is 24.3 Å². The standard InChI is InChI=1S/C14H18ClN3O/c1-10(2)8-16-9-14-17-13(18-19-14)7-11-4-3-5-12(15)6-11/h3-6,10,16H,7-9H2,1-2H3. The predicted molar refractivity (Wildman–Crippen MR) is 75.1 cm³/mol. The molecule has 4 nitrogen and oxygen atoms in total. The van der Waals surface area contributed by atoms with Crippen LogP contribution >= 0.6 is 11.6 Å². The summed E-state index contributed by atoms with van der Waals surface area (Å²) in [7, 11) is 0. The van der Waals surface area contributed by atoms with Gasteiger partial charge in [-0.3, -0.25) is 0 Å². The molecule has 0 saturated heterocycles.